The van der Waals surface area contributed by atoms with Crippen LogP contribution in [0.25, 0.3) is 0 Å². The van der Waals surface area contributed by atoms with Crippen molar-refractivity contribution in [1.82, 2.24) is 0 Å². The second kappa shape index (κ2) is 5.48. The van der Waals surface area contributed by atoms with Gasteiger partial charge in [-0.2, -0.15) is 0 Å². The van der Waals surface area contributed by atoms with E-state index in [4.69, 9.17) is 11.6 Å². The predicted molar refractivity (Wildman–Crippen MR) is 72.2 cm³/mol. The highest BCUT2D eigenvalue weighted by Gasteiger charge is 2.36. The zero-order valence-electron chi connectivity index (χ0n) is 10.6. The minimum absolute atomic E-state index is 0.105. The van der Waals surface area contributed by atoms with Crippen molar-refractivity contribution in [3.05, 3.63) is 0 Å². The van der Waals surface area contributed by atoms with E-state index in [2.05, 4.69) is 0 Å². The Hall–Kier alpha value is 0.240. The van der Waals surface area contributed by atoms with E-state index in [9.17, 15) is 8.42 Å². The Balaban J connectivity index is 2.01. The summed E-state index contributed by atoms with van der Waals surface area (Å²) < 4.78 is 23.3. The average Bonchev–Trinajstić information content (AvgIpc) is 2.29. The summed E-state index contributed by atoms with van der Waals surface area (Å²) >= 11 is 6.43. The number of halogens is 1. The summed E-state index contributed by atoms with van der Waals surface area (Å²) in [6.45, 7) is 0. The molecule has 0 aromatic carbocycles. The maximum absolute atomic E-state index is 11.7. The maximum atomic E-state index is 11.7. The van der Waals surface area contributed by atoms with E-state index < -0.39 is 9.84 Å². The molecule has 0 heterocycles. The Labute approximate surface area is 110 Å². The average molecular weight is 279 g/mol. The van der Waals surface area contributed by atoms with Gasteiger partial charge in [0.05, 0.1) is 5.25 Å². The van der Waals surface area contributed by atoms with Crippen LogP contribution in [0.3, 0.4) is 0 Å². The molecule has 0 N–H and O–H groups in total. The summed E-state index contributed by atoms with van der Waals surface area (Å²) in [5, 5.41) is 0.180. The standard InChI is InChI=1S/C13H23ClO2S/c1-17(15,16)11-6-4-5-10(9-11)12-7-2-3-8-13(12)14/h10-13H,2-9H2,1H3. The molecular formula is C13H23ClO2S. The summed E-state index contributed by atoms with van der Waals surface area (Å²) in [5.74, 6) is 1.11. The van der Waals surface area contributed by atoms with Crippen LogP contribution in [0.15, 0.2) is 0 Å². The molecule has 2 saturated carbocycles. The highest BCUT2D eigenvalue weighted by molar-refractivity contribution is 7.91. The Bertz CT molecular complexity index is 352. The van der Waals surface area contributed by atoms with Gasteiger partial charge in [0.1, 0.15) is 9.84 Å². The normalized spacial score (nSPS) is 40.1. The Morgan fingerprint density at radius 3 is 2.35 bits per heavy atom. The second-order valence-corrected chi connectivity index (χ2v) is 8.73. The zero-order chi connectivity index (χ0) is 12.5. The Morgan fingerprint density at radius 1 is 1.00 bits per heavy atom. The molecule has 0 bridgehead atoms. The van der Waals surface area contributed by atoms with Crippen LogP contribution >= 0.6 is 11.6 Å². The minimum atomic E-state index is -2.86. The van der Waals surface area contributed by atoms with Gasteiger partial charge in [-0.3, -0.25) is 0 Å². The van der Waals surface area contributed by atoms with Gasteiger partial charge in [0.15, 0.2) is 0 Å². The van der Waals surface area contributed by atoms with Gasteiger partial charge in [0.25, 0.3) is 0 Å². The molecule has 0 aliphatic heterocycles. The predicted octanol–water partition coefficient (Wildman–Crippen LogP) is 3.39. The zero-order valence-corrected chi connectivity index (χ0v) is 12.1. The molecule has 0 amide bonds. The molecule has 0 radical (unpaired) electrons. The van der Waals surface area contributed by atoms with Gasteiger partial charge in [-0.25, -0.2) is 8.42 Å². The van der Waals surface area contributed by atoms with E-state index in [1.807, 2.05) is 0 Å². The van der Waals surface area contributed by atoms with E-state index in [1.165, 1.54) is 31.9 Å². The molecule has 17 heavy (non-hydrogen) atoms. The van der Waals surface area contributed by atoms with Crippen molar-refractivity contribution >= 4 is 21.4 Å². The van der Waals surface area contributed by atoms with E-state index in [1.54, 1.807) is 0 Å². The smallest absolute Gasteiger partial charge is 0.150 e. The molecule has 2 aliphatic carbocycles. The van der Waals surface area contributed by atoms with Gasteiger partial charge in [0.2, 0.25) is 0 Å². The third kappa shape index (κ3) is 3.37. The summed E-state index contributed by atoms with van der Waals surface area (Å²) in [6.07, 6.45) is 10.2. The van der Waals surface area contributed by atoms with Gasteiger partial charge >= 0.3 is 0 Å². The lowest BCUT2D eigenvalue weighted by Crippen LogP contribution is -2.35. The highest BCUT2D eigenvalue weighted by Crippen LogP contribution is 2.41. The van der Waals surface area contributed by atoms with Crippen molar-refractivity contribution in [2.24, 2.45) is 11.8 Å². The first-order valence-corrected chi connectivity index (χ1v) is 9.20. The first kappa shape index (κ1) is 13.7. The van der Waals surface area contributed by atoms with Gasteiger partial charge in [-0.15, -0.1) is 11.6 Å². The van der Waals surface area contributed by atoms with Crippen LogP contribution in [0.2, 0.25) is 0 Å². The lowest BCUT2D eigenvalue weighted by molar-refractivity contribution is 0.201. The van der Waals surface area contributed by atoms with E-state index in [0.717, 1.165) is 25.7 Å². The SMILES string of the molecule is CS(=O)(=O)C1CCCC(C2CCCCC2Cl)C1. The summed E-state index contributed by atoms with van der Waals surface area (Å²) in [4.78, 5) is 0. The molecule has 2 aliphatic rings. The molecule has 2 fully saturated rings. The summed E-state index contributed by atoms with van der Waals surface area (Å²) in [5.41, 5.74) is 0. The number of rotatable bonds is 2. The van der Waals surface area contributed by atoms with Gasteiger partial charge in [0, 0.05) is 11.6 Å². The van der Waals surface area contributed by atoms with Crippen molar-refractivity contribution in [2.75, 3.05) is 6.26 Å². The fraction of sp³-hybridized carbons (Fsp3) is 1.00. The molecule has 4 unspecified atom stereocenters. The van der Waals surface area contributed by atoms with Crippen LogP contribution in [0.5, 0.6) is 0 Å². The minimum Gasteiger partial charge on any atom is -0.229 e. The van der Waals surface area contributed by atoms with Crippen LogP contribution in [-0.4, -0.2) is 25.3 Å². The quantitative estimate of drug-likeness (QED) is 0.726. The van der Waals surface area contributed by atoms with Crippen LogP contribution in [-0.2, 0) is 9.84 Å². The van der Waals surface area contributed by atoms with Crippen molar-refractivity contribution in [3.8, 4) is 0 Å². The van der Waals surface area contributed by atoms with Crippen LogP contribution < -0.4 is 0 Å². The van der Waals surface area contributed by atoms with Crippen molar-refractivity contribution < 1.29 is 8.42 Å². The fourth-order valence-corrected chi connectivity index (χ4v) is 5.28. The summed E-state index contributed by atoms with van der Waals surface area (Å²) in [7, 11) is -2.86. The molecule has 2 rings (SSSR count). The van der Waals surface area contributed by atoms with Gasteiger partial charge in [-0.05, 0) is 37.5 Å². The van der Waals surface area contributed by atoms with Crippen LogP contribution in [0.1, 0.15) is 51.4 Å². The van der Waals surface area contributed by atoms with E-state index in [0.29, 0.717) is 11.8 Å². The van der Waals surface area contributed by atoms with E-state index >= 15 is 0 Å². The van der Waals surface area contributed by atoms with E-state index in [-0.39, 0.29) is 10.6 Å². The first-order chi connectivity index (χ1) is 7.98. The third-order valence-corrected chi connectivity index (χ3v) is 6.79. The highest BCUT2D eigenvalue weighted by atomic mass is 35.5. The molecule has 0 aromatic heterocycles. The topological polar surface area (TPSA) is 34.1 Å². The Morgan fingerprint density at radius 2 is 1.71 bits per heavy atom. The third-order valence-electron chi connectivity index (χ3n) is 4.61. The number of hydrogen-bond donors (Lipinski definition) is 0. The number of alkyl halides is 1. The molecular weight excluding hydrogens is 256 g/mol. The van der Waals surface area contributed by atoms with Crippen LogP contribution in [0, 0.1) is 11.8 Å². The molecule has 2 nitrogen and oxygen atoms in total. The first-order valence-electron chi connectivity index (χ1n) is 6.81. The molecule has 0 spiro atoms. The summed E-state index contributed by atoms with van der Waals surface area (Å²) in [6, 6.07) is 0. The number of sulfone groups is 1. The van der Waals surface area contributed by atoms with Crippen molar-refractivity contribution in [1.29, 1.82) is 0 Å². The number of hydrogen-bond acceptors (Lipinski definition) is 2. The maximum Gasteiger partial charge on any atom is 0.150 e. The molecule has 0 aromatic rings. The lowest BCUT2D eigenvalue weighted by Gasteiger charge is -2.38. The van der Waals surface area contributed by atoms with Crippen molar-refractivity contribution in [2.45, 2.75) is 62.0 Å². The fourth-order valence-electron chi connectivity index (χ4n) is 3.60. The lowest BCUT2D eigenvalue weighted by atomic mass is 9.73. The molecule has 4 heteroatoms. The second-order valence-electron chi connectivity index (χ2n) is 5.84. The molecule has 4 atom stereocenters. The largest absolute Gasteiger partial charge is 0.229 e. The van der Waals surface area contributed by atoms with Gasteiger partial charge < -0.3 is 0 Å². The molecule has 0 saturated heterocycles. The van der Waals surface area contributed by atoms with Gasteiger partial charge in [-0.1, -0.05) is 25.7 Å². The molecule has 100 valence electrons. The van der Waals surface area contributed by atoms with Crippen molar-refractivity contribution in [3.63, 3.8) is 0 Å². The monoisotopic (exact) mass is 278 g/mol. The van der Waals surface area contributed by atoms with Crippen LogP contribution in [0.4, 0.5) is 0 Å². The Kier molecular flexibility index (Phi) is 4.40.